The standard InChI is InChI=1S/C21H20N4O5S2/c26-17(10-22-20(30)15(9-19(28)29)24-18(27)11-31)23-13-7-5-12(6-8-13)21-25-14-3-1-2-4-16(14)32-21/h1-8,15,31H,9-11H2,(H,22,30)(H,23,26)(H,24,27)(H,28,29). The molecule has 166 valence electrons. The van der Waals surface area contributed by atoms with E-state index in [1.807, 2.05) is 36.4 Å². The molecule has 9 nitrogen and oxygen atoms in total. The van der Waals surface area contributed by atoms with Gasteiger partial charge < -0.3 is 21.1 Å². The van der Waals surface area contributed by atoms with E-state index < -0.39 is 36.2 Å². The third-order valence-electron chi connectivity index (χ3n) is 4.31. The average Bonchev–Trinajstić information content (AvgIpc) is 3.21. The number of hydrogen-bond donors (Lipinski definition) is 5. The molecule has 0 aliphatic rings. The van der Waals surface area contributed by atoms with Crippen molar-refractivity contribution in [1.29, 1.82) is 0 Å². The number of rotatable bonds is 9. The van der Waals surface area contributed by atoms with Gasteiger partial charge in [0.25, 0.3) is 0 Å². The van der Waals surface area contributed by atoms with E-state index in [2.05, 4.69) is 33.6 Å². The van der Waals surface area contributed by atoms with E-state index >= 15 is 0 Å². The van der Waals surface area contributed by atoms with Gasteiger partial charge in [-0.2, -0.15) is 12.6 Å². The lowest BCUT2D eigenvalue weighted by Crippen LogP contribution is -2.49. The number of aromatic nitrogens is 1. The second-order valence-electron chi connectivity index (χ2n) is 6.71. The first kappa shape index (κ1) is 23.2. The number of anilines is 1. The molecule has 3 rings (SSSR count). The van der Waals surface area contributed by atoms with Crippen LogP contribution in [0.15, 0.2) is 48.5 Å². The predicted molar refractivity (Wildman–Crippen MR) is 125 cm³/mol. The highest BCUT2D eigenvalue weighted by atomic mass is 32.1. The number of thiazole rings is 1. The number of carbonyl (C=O) groups is 4. The Kier molecular flexibility index (Phi) is 7.79. The third-order valence-corrected chi connectivity index (χ3v) is 5.68. The maximum Gasteiger partial charge on any atom is 0.305 e. The summed E-state index contributed by atoms with van der Waals surface area (Å²) in [4.78, 5) is 51.3. The van der Waals surface area contributed by atoms with Crippen LogP contribution in [0.4, 0.5) is 5.69 Å². The first-order chi connectivity index (χ1) is 15.4. The molecule has 0 saturated carbocycles. The van der Waals surface area contributed by atoms with Gasteiger partial charge in [0, 0.05) is 11.3 Å². The number of carbonyl (C=O) groups excluding carboxylic acids is 3. The number of benzene rings is 2. The summed E-state index contributed by atoms with van der Waals surface area (Å²) in [5, 5.41) is 17.0. The quantitative estimate of drug-likeness (QED) is 0.302. The van der Waals surface area contributed by atoms with E-state index in [0.717, 1.165) is 20.8 Å². The van der Waals surface area contributed by atoms with E-state index in [0.29, 0.717) is 5.69 Å². The van der Waals surface area contributed by atoms with Crippen molar-refractivity contribution in [2.75, 3.05) is 17.6 Å². The van der Waals surface area contributed by atoms with Crippen LogP contribution < -0.4 is 16.0 Å². The SMILES string of the molecule is O=C(O)CC(NC(=O)CS)C(=O)NCC(=O)Nc1ccc(-c2nc3ccccc3s2)cc1. The number of nitrogens with zero attached hydrogens (tertiary/aromatic N) is 1. The summed E-state index contributed by atoms with van der Waals surface area (Å²) in [5.74, 6) is -3.32. The lowest BCUT2D eigenvalue weighted by atomic mass is 10.2. The van der Waals surface area contributed by atoms with Crippen molar-refractivity contribution in [3.05, 3.63) is 48.5 Å². The van der Waals surface area contributed by atoms with Crippen LogP contribution >= 0.6 is 24.0 Å². The number of carboxylic acid groups (broad SMARTS) is 1. The molecule has 3 aromatic rings. The molecule has 0 fully saturated rings. The van der Waals surface area contributed by atoms with Crippen LogP contribution in [0.1, 0.15) is 6.42 Å². The van der Waals surface area contributed by atoms with Crippen LogP contribution in [-0.2, 0) is 19.2 Å². The Morgan fingerprint density at radius 3 is 2.41 bits per heavy atom. The Bertz CT molecular complexity index is 1110. The fourth-order valence-electron chi connectivity index (χ4n) is 2.81. The van der Waals surface area contributed by atoms with E-state index in [1.54, 1.807) is 23.5 Å². The predicted octanol–water partition coefficient (Wildman–Crippen LogP) is 1.91. The zero-order valence-corrected chi connectivity index (χ0v) is 18.4. The van der Waals surface area contributed by atoms with Gasteiger partial charge in [-0.1, -0.05) is 12.1 Å². The Morgan fingerprint density at radius 2 is 1.75 bits per heavy atom. The minimum absolute atomic E-state index is 0.198. The van der Waals surface area contributed by atoms with Gasteiger partial charge in [0.2, 0.25) is 17.7 Å². The molecule has 3 amide bonds. The summed E-state index contributed by atoms with van der Waals surface area (Å²) < 4.78 is 1.09. The number of fused-ring (bicyclic) bond motifs is 1. The Balaban J connectivity index is 1.55. The molecule has 1 unspecified atom stereocenters. The molecule has 0 bridgehead atoms. The number of thiol groups is 1. The monoisotopic (exact) mass is 472 g/mol. The number of para-hydroxylation sites is 1. The van der Waals surface area contributed by atoms with Crippen LogP contribution in [0.5, 0.6) is 0 Å². The lowest BCUT2D eigenvalue weighted by Gasteiger charge is -2.16. The topological polar surface area (TPSA) is 137 Å². The summed E-state index contributed by atoms with van der Waals surface area (Å²) in [5.41, 5.74) is 2.36. The Hall–Kier alpha value is -3.44. The maximum absolute atomic E-state index is 12.2. The highest BCUT2D eigenvalue weighted by Gasteiger charge is 2.23. The molecule has 32 heavy (non-hydrogen) atoms. The van der Waals surface area contributed by atoms with Gasteiger partial charge in [-0.3, -0.25) is 19.2 Å². The van der Waals surface area contributed by atoms with Crippen molar-refractivity contribution in [2.24, 2.45) is 0 Å². The number of aliphatic carboxylic acids is 1. The van der Waals surface area contributed by atoms with E-state index in [9.17, 15) is 19.2 Å². The number of amides is 3. The number of hydrogen-bond acceptors (Lipinski definition) is 7. The molecule has 1 aromatic heterocycles. The van der Waals surface area contributed by atoms with Gasteiger partial charge in [-0.15, -0.1) is 11.3 Å². The van der Waals surface area contributed by atoms with Crippen molar-refractivity contribution in [3.63, 3.8) is 0 Å². The van der Waals surface area contributed by atoms with Crippen LogP contribution in [-0.4, -0.2) is 52.1 Å². The first-order valence-corrected chi connectivity index (χ1v) is 11.0. The van der Waals surface area contributed by atoms with Gasteiger partial charge >= 0.3 is 5.97 Å². The minimum Gasteiger partial charge on any atom is -0.481 e. The molecule has 11 heteroatoms. The van der Waals surface area contributed by atoms with E-state index in [4.69, 9.17) is 5.11 Å². The van der Waals surface area contributed by atoms with Gasteiger partial charge in [-0.25, -0.2) is 4.98 Å². The van der Waals surface area contributed by atoms with Crippen molar-refractivity contribution in [3.8, 4) is 10.6 Å². The van der Waals surface area contributed by atoms with Crippen LogP contribution in [0.25, 0.3) is 20.8 Å². The summed E-state index contributed by atoms with van der Waals surface area (Å²) in [7, 11) is 0. The summed E-state index contributed by atoms with van der Waals surface area (Å²) in [6, 6.07) is 13.7. The van der Waals surface area contributed by atoms with Gasteiger partial charge in [0.15, 0.2) is 0 Å². The van der Waals surface area contributed by atoms with Gasteiger partial charge in [0.05, 0.1) is 28.9 Å². The van der Waals surface area contributed by atoms with Crippen molar-refractivity contribution in [1.82, 2.24) is 15.6 Å². The first-order valence-electron chi connectivity index (χ1n) is 9.51. The molecule has 0 radical (unpaired) electrons. The number of carboxylic acids is 1. The fourth-order valence-corrected chi connectivity index (χ4v) is 3.87. The second-order valence-corrected chi connectivity index (χ2v) is 8.05. The molecule has 0 saturated heterocycles. The van der Waals surface area contributed by atoms with Crippen molar-refractivity contribution >= 4 is 63.6 Å². The average molecular weight is 473 g/mol. The molecule has 0 spiro atoms. The fraction of sp³-hybridized carbons (Fsp3) is 0.190. The molecule has 2 aromatic carbocycles. The van der Waals surface area contributed by atoms with Gasteiger partial charge in [0.1, 0.15) is 11.0 Å². The number of nitrogens with one attached hydrogen (secondary N) is 3. The molecule has 1 heterocycles. The smallest absolute Gasteiger partial charge is 0.305 e. The Labute approximate surface area is 192 Å². The van der Waals surface area contributed by atoms with Crippen molar-refractivity contribution < 1.29 is 24.3 Å². The zero-order chi connectivity index (χ0) is 23.1. The van der Waals surface area contributed by atoms with Gasteiger partial charge in [-0.05, 0) is 36.4 Å². The van der Waals surface area contributed by atoms with Crippen LogP contribution in [0.3, 0.4) is 0 Å². The molecule has 4 N–H and O–H groups in total. The Morgan fingerprint density at radius 1 is 1.03 bits per heavy atom. The van der Waals surface area contributed by atoms with E-state index in [-0.39, 0.29) is 12.3 Å². The zero-order valence-electron chi connectivity index (χ0n) is 16.7. The molecule has 0 aliphatic heterocycles. The third kappa shape index (κ3) is 6.28. The largest absolute Gasteiger partial charge is 0.481 e. The van der Waals surface area contributed by atoms with Crippen molar-refractivity contribution in [2.45, 2.75) is 12.5 Å². The lowest BCUT2D eigenvalue weighted by molar-refractivity contribution is -0.140. The molecular formula is C21H20N4O5S2. The molecule has 0 aliphatic carbocycles. The second kappa shape index (κ2) is 10.7. The highest BCUT2D eigenvalue weighted by molar-refractivity contribution is 7.81. The molecule has 1 atom stereocenters. The van der Waals surface area contributed by atoms with Crippen LogP contribution in [0.2, 0.25) is 0 Å². The maximum atomic E-state index is 12.2. The summed E-state index contributed by atoms with van der Waals surface area (Å²) >= 11 is 5.35. The molecular weight excluding hydrogens is 452 g/mol. The highest BCUT2D eigenvalue weighted by Crippen LogP contribution is 2.30. The van der Waals surface area contributed by atoms with Crippen LogP contribution in [0, 0.1) is 0 Å². The summed E-state index contributed by atoms with van der Waals surface area (Å²) in [6.07, 6.45) is -0.611. The normalized spacial score (nSPS) is 11.5. The minimum atomic E-state index is -1.30. The summed E-state index contributed by atoms with van der Waals surface area (Å²) in [6.45, 7) is -0.384. The van der Waals surface area contributed by atoms with E-state index in [1.165, 1.54) is 0 Å².